The number of allylic oxidation sites excluding steroid dienone is 1. The summed E-state index contributed by atoms with van der Waals surface area (Å²) in [5.74, 6) is 0.360. The fraction of sp³-hybridized carbons (Fsp3) is 0.500. The van der Waals surface area contributed by atoms with Crippen LogP contribution >= 0.6 is 11.6 Å². The number of aliphatic hydroxyl groups excluding tert-OH is 1. The van der Waals surface area contributed by atoms with Gasteiger partial charge < -0.3 is 21.1 Å². The van der Waals surface area contributed by atoms with Crippen molar-refractivity contribution in [1.82, 2.24) is 15.1 Å². The SMILES string of the molecule is NC1=CC(NC(=O)C2CCN(CC(=O)N3CCC(c4cccc(Cl)c4)CC3)C2)=CCC1O. The van der Waals surface area contributed by atoms with Crippen molar-refractivity contribution >= 4 is 23.4 Å². The largest absolute Gasteiger partial charge is 0.400 e. The highest BCUT2D eigenvalue weighted by molar-refractivity contribution is 6.30. The summed E-state index contributed by atoms with van der Waals surface area (Å²) in [4.78, 5) is 29.4. The summed E-state index contributed by atoms with van der Waals surface area (Å²) in [5.41, 5.74) is 8.00. The molecule has 32 heavy (non-hydrogen) atoms. The molecule has 4 N–H and O–H groups in total. The predicted octanol–water partition coefficient (Wildman–Crippen LogP) is 1.98. The van der Waals surface area contributed by atoms with Crippen molar-refractivity contribution < 1.29 is 14.7 Å². The molecule has 1 aliphatic carbocycles. The number of likely N-dealkylation sites (tertiary alicyclic amines) is 2. The number of carbonyl (C=O) groups is 2. The first kappa shape index (κ1) is 22.8. The van der Waals surface area contributed by atoms with Crippen LogP contribution in [-0.4, -0.2) is 65.5 Å². The number of piperidine rings is 1. The molecular formula is C24H31ClN4O3. The molecule has 4 rings (SSSR count). The molecule has 2 unspecified atom stereocenters. The third kappa shape index (κ3) is 5.52. The molecule has 2 atom stereocenters. The number of benzene rings is 1. The van der Waals surface area contributed by atoms with Crippen molar-refractivity contribution in [3.05, 3.63) is 58.4 Å². The second-order valence-electron chi connectivity index (χ2n) is 8.98. The Labute approximate surface area is 193 Å². The van der Waals surface area contributed by atoms with Gasteiger partial charge in [0.25, 0.3) is 0 Å². The van der Waals surface area contributed by atoms with Crippen LogP contribution in [0.5, 0.6) is 0 Å². The van der Waals surface area contributed by atoms with Gasteiger partial charge in [0.05, 0.1) is 18.6 Å². The van der Waals surface area contributed by atoms with E-state index in [0.29, 0.717) is 36.8 Å². The van der Waals surface area contributed by atoms with Crippen molar-refractivity contribution in [2.24, 2.45) is 11.7 Å². The van der Waals surface area contributed by atoms with Crippen LogP contribution in [0.3, 0.4) is 0 Å². The summed E-state index contributed by atoms with van der Waals surface area (Å²) in [7, 11) is 0. The molecule has 2 amide bonds. The molecule has 1 aromatic rings. The third-order valence-electron chi connectivity index (χ3n) is 6.71. The molecule has 0 bridgehead atoms. The van der Waals surface area contributed by atoms with E-state index in [1.807, 2.05) is 23.1 Å². The Morgan fingerprint density at radius 3 is 2.69 bits per heavy atom. The maximum absolute atomic E-state index is 12.8. The zero-order valence-corrected chi connectivity index (χ0v) is 18.9. The highest BCUT2D eigenvalue weighted by atomic mass is 35.5. The highest BCUT2D eigenvalue weighted by Gasteiger charge is 2.32. The first-order valence-corrected chi connectivity index (χ1v) is 11.7. The van der Waals surface area contributed by atoms with E-state index in [1.165, 1.54) is 5.56 Å². The number of nitrogens with one attached hydrogen (secondary N) is 1. The van der Waals surface area contributed by atoms with E-state index in [9.17, 15) is 14.7 Å². The van der Waals surface area contributed by atoms with Gasteiger partial charge >= 0.3 is 0 Å². The lowest BCUT2D eigenvalue weighted by Crippen LogP contribution is -2.43. The Morgan fingerprint density at radius 1 is 1.19 bits per heavy atom. The molecule has 1 aromatic carbocycles. The molecule has 8 heteroatoms. The summed E-state index contributed by atoms with van der Waals surface area (Å²) in [6.45, 7) is 3.17. The lowest BCUT2D eigenvalue weighted by atomic mass is 9.89. The molecule has 2 aliphatic heterocycles. The van der Waals surface area contributed by atoms with Gasteiger partial charge in [0.15, 0.2) is 0 Å². The van der Waals surface area contributed by atoms with Crippen LogP contribution in [-0.2, 0) is 9.59 Å². The summed E-state index contributed by atoms with van der Waals surface area (Å²) >= 11 is 6.12. The maximum Gasteiger partial charge on any atom is 0.236 e. The molecule has 2 saturated heterocycles. The van der Waals surface area contributed by atoms with Crippen molar-refractivity contribution in [2.75, 3.05) is 32.7 Å². The number of nitrogens with two attached hydrogens (primary N) is 1. The molecule has 172 valence electrons. The number of carbonyl (C=O) groups excluding carboxylic acids is 2. The number of amides is 2. The fourth-order valence-electron chi connectivity index (χ4n) is 4.75. The van der Waals surface area contributed by atoms with Crippen molar-refractivity contribution in [2.45, 2.75) is 37.7 Å². The van der Waals surface area contributed by atoms with E-state index in [-0.39, 0.29) is 17.7 Å². The topological polar surface area (TPSA) is 98.9 Å². The van der Waals surface area contributed by atoms with Crippen LogP contribution in [0.2, 0.25) is 5.02 Å². The summed E-state index contributed by atoms with van der Waals surface area (Å²) in [6.07, 6.45) is 5.72. The van der Waals surface area contributed by atoms with Gasteiger partial charge in [-0.25, -0.2) is 0 Å². The summed E-state index contributed by atoms with van der Waals surface area (Å²) in [5, 5.41) is 13.3. The molecular weight excluding hydrogens is 428 g/mol. The molecule has 0 aromatic heterocycles. The standard InChI is InChI=1S/C24H31ClN4O3/c25-19-3-1-2-17(12-19)16-7-10-29(11-8-16)23(31)15-28-9-6-18(14-28)24(32)27-20-4-5-22(30)21(26)13-20/h1-4,12-13,16,18,22,30H,5-11,14-15,26H2,(H,27,32). The van der Waals surface area contributed by atoms with Gasteiger partial charge in [-0.3, -0.25) is 14.5 Å². The molecule has 0 spiro atoms. The van der Waals surface area contributed by atoms with Gasteiger partial charge in [0, 0.05) is 36.1 Å². The average Bonchev–Trinajstić information content (AvgIpc) is 3.25. The van der Waals surface area contributed by atoms with E-state index in [4.69, 9.17) is 17.3 Å². The average molecular weight is 459 g/mol. The van der Waals surface area contributed by atoms with Crippen LogP contribution in [0.25, 0.3) is 0 Å². The second-order valence-corrected chi connectivity index (χ2v) is 9.41. The normalized spacial score (nSPS) is 24.8. The number of hydrogen-bond donors (Lipinski definition) is 3. The highest BCUT2D eigenvalue weighted by Crippen LogP contribution is 2.29. The van der Waals surface area contributed by atoms with Crippen molar-refractivity contribution in [1.29, 1.82) is 0 Å². The Morgan fingerprint density at radius 2 is 1.97 bits per heavy atom. The van der Waals surface area contributed by atoms with E-state index in [1.54, 1.807) is 12.2 Å². The molecule has 0 saturated carbocycles. The minimum Gasteiger partial charge on any atom is -0.400 e. The lowest BCUT2D eigenvalue weighted by Gasteiger charge is -2.33. The van der Waals surface area contributed by atoms with Crippen LogP contribution in [0.1, 0.15) is 37.2 Å². The summed E-state index contributed by atoms with van der Waals surface area (Å²) in [6, 6.07) is 8.00. The Balaban J connectivity index is 1.22. The van der Waals surface area contributed by atoms with Crippen LogP contribution in [0, 0.1) is 5.92 Å². The number of aliphatic hydroxyl groups is 1. The lowest BCUT2D eigenvalue weighted by molar-refractivity contribution is -0.133. The first-order chi connectivity index (χ1) is 15.4. The van der Waals surface area contributed by atoms with Gasteiger partial charge in [-0.1, -0.05) is 29.8 Å². The molecule has 0 radical (unpaired) electrons. The minimum absolute atomic E-state index is 0.0611. The molecule has 3 aliphatic rings. The smallest absolute Gasteiger partial charge is 0.236 e. The van der Waals surface area contributed by atoms with Gasteiger partial charge in [-0.15, -0.1) is 0 Å². The molecule has 7 nitrogen and oxygen atoms in total. The van der Waals surface area contributed by atoms with E-state index in [0.717, 1.165) is 43.9 Å². The minimum atomic E-state index is -0.681. The molecule has 2 fully saturated rings. The zero-order valence-electron chi connectivity index (χ0n) is 18.2. The number of halogens is 1. The van der Waals surface area contributed by atoms with Crippen molar-refractivity contribution in [3.8, 4) is 0 Å². The summed E-state index contributed by atoms with van der Waals surface area (Å²) < 4.78 is 0. The van der Waals surface area contributed by atoms with Crippen LogP contribution in [0.4, 0.5) is 0 Å². The quantitative estimate of drug-likeness (QED) is 0.626. The van der Waals surface area contributed by atoms with E-state index in [2.05, 4.69) is 16.3 Å². The Kier molecular flexibility index (Phi) is 7.18. The van der Waals surface area contributed by atoms with Crippen molar-refractivity contribution in [3.63, 3.8) is 0 Å². The van der Waals surface area contributed by atoms with Crippen LogP contribution < -0.4 is 11.1 Å². The fourth-order valence-corrected chi connectivity index (χ4v) is 4.94. The number of nitrogens with zero attached hydrogens (tertiary/aromatic N) is 2. The van der Waals surface area contributed by atoms with Crippen LogP contribution in [0.15, 0.2) is 47.8 Å². The van der Waals surface area contributed by atoms with Gasteiger partial charge in [0.2, 0.25) is 11.8 Å². The number of hydrogen-bond acceptors (Lipinski definition) is 5. The Bertz CT molecular complexity index is 924. The van der Waals surface area contributed by atoms with Gasteiger partial charge in [-0.2, -0.15) is 0 Å². The Hall–Kier alpha value is -2.35. The first-order valence-electron chi connectivity index (χ1n) is 11.3. The maximum atomic E-state index is 12.8. The second kappa shape index (κ2) is 10.1. The van der Waals surface area contributed by atoms with E-state index < -0.39 is 6.10 Å². The predicted molar refractivity (Wildman–Crippen MR) is 124 cm³/mol. The third-order valence-corrected chi connectivity index (χ3v) is 6.94. The van der Waals surface area contributed by atoms with Gasteiger partial charge in [0.1, 0.15) is 0 Å². The van der Waals surface area contributed by atoms with Gasteiger partial charge in [-0.05, 0) is 61.9 Å². The van der Waals surface area contributed by atoms with E-state index >= 15 is 0 Å². The molecule has 2 heterocycles. The monoisotopic (exact) mass is 458 g/mol. The zero-order chi connectivity index (χ0) is 22.7. The number of rotatable bonds is 5.